The highest BCUT2D eigenvalue weighted by Gasteiger charge is 2.33. The van der Waals surface area contributed by atoms with Gasteiger partial charge in [-0.15, -0.1) is 0 Å². The maximum atomic E-state index is 12.0. The van der Waals surface area contributed by atoms with Crippen molar-refractivity contribution < 1.29 is 14.3 Å². The van der Waals surface area contributed by atoms with Crippen LogP contribution in [0.15, 0.2) is 0 Å². The van der Waals surface area contributed by atoms with Crippen molar-refractivity contribution in [1.82, 2.24) is 5.32 Å². The molecule has 4 nitrogen and oxygen atoms in total. The van der Waals surface area contributed by atoms with Gasteiger partial charge in [0.1, 0.15) is 5.54 Å². The first-order valence-corrected chi connectivity index (χ1v) is 7.41. The van der Waals surface area contributed by atoms with Crippen LogP contribution in [0.5, 0.6) is 0 Å². The van der Waals surface area contributed by atoms with Gasteiger partial charge in [0.15, 0.2) is 0 Å². The standard InChI is InChI=1S/C15H31NO3/c1-7-16-15(6,14(17)18-8-2)10-9-11-19-13(5)12(3)4/h12-13,16H,7-11H2,1-6H3. The molecule has 0 aliphatic heterocycles. The van der Waals surface area contributed by atoms with Gasteiger partial charge in [-0.2, -0.15) is 0 Å². The van der Waals surface area contributed by atoms with Gasteiger partial charge in [-0.1, -0.05) is 20.8 Å². The smallest absolute Gasteiger partial charge is 0.326 e. The number of hydrogen-bond acceptors (Lipinski definition) is 4. The summed E-state index contributed by atoms with van der Waals surface area (Å²) in [4.78, 5) is 12.0. The van der Waals surface area contributed by atoms with E-state index in [1.807, 2.05) is 20.8 Å². The average molecular weight is 273 g/mol. The minimum Gasteiger partial charge on any atom is -0.465 e. The van der Waals surface area contributed by atoms with Crippen molar-refractivity contribution in [3.8, 4) is 0 Å². The molecule has 4 heteroatoms. The molecule has 0 fully saturated rings. The van der Waals surface area contributed by atoms with Crippen LogP contribution in [0.3, 0.4) is 0 Å². The normalized spacial score (nSPS) is 16.2. The highest BCUT2D eigenvalue weighted by Crippen LogP contribution is 2.16. The quantitative estimate of drug-likeness (QED) is 0.491. The fraction of sp³-hybridized carbons (Fsp3) is 0.933. The van der Waals surface area contributed by atoms with Gasteiger partial charge in [0.25, 0.3) is 0 Å². The number of nitrogens with one attached hydrogen (secondary N) is 1. The molecule has 1 N–H and O–H groups in total. The van der Waals surface area contributed by atoms with E-state index in [0.29, 0.717) is 19.1 Å². The summed E-state index contributed by atoms with van der Waals surface area (Å²) in [6.07, 6.45) is 1.83. The minimum absolute atomic E-state index is 0.172. The number of esters is 1. The van der Waals surface area contributed by atoms with Crippen LogP contribution < -0.4 is 5.32 Å². The summed E-state index contributed by atoms with van der Waals surface area (Å²) in [5, 5.41) is 3.22. The van der Waals surface area contributed by atoms with Crippen molar-refractivity contribution in [3.63, 3.8) is 0 Å². The molecule has 0 rings (SSSR count). The van der Waals surface area contributed by atoms with Gasteiger partial charge in [-0.25, -0.2) is 0 Å². The highest BCUT2D eigenvalue weighted by molar-refractivity contribution is 5.80. The number of rotatable bonds is 10. The monoisotopic (exact) mass is 273 g/mol. The predicted octanol–water partition coefficient (Wildman–Crippen LogP) is 2.76. The summed E-state index contributed by atoms with van der Waals surface area (Å²) in [6.45, 7) is 13.9. The Hall–Kier alpha value is -0.610. The molecular weight excluding hydrogens is 242 g/mol. The zero-order chi connectivity index (χ0) is 14.9. The number of carbonyl (C=O) groups excluding carboxylic acids is 1. The van der Waals surface area contributed by atoms with Crippen LogP contribution in [0.2, 0.25) is 0 Å². The van der Waals surface area contributed by atoms with E-state index in [2.05, 4.69) is 26.1 Å². The first-order valence-electron chi connectivity index (χ1n) is 7.41. The molecule has 0 heterocycles. The van der Waals surface area contributed by atoms with Crippen LogP contribution in [0, 0.1) is 5.92 Å². The lowest BCUT2D eigenvalue weighted by Gasteiger charge is -2.28. The molecule has 19 heavy (non-hydrogen) atoms. The molecular formula is C15H31NO3. The molecule has 0 aromatic carbocycles. The summed E-state index contributed by atoms with van der Waals surface area (Å²) in [7, 11) is 0. The molecule has 0 aliphatic rings. The highest BCUT2D eigenvalue weighted by atomic mass is 16.5. The Labute approximate surface area is 118 Å². The van der Waals surface area contributed by atoms with Crippen LogP contribution in [0.25, 0.3) is 0 Å². The van der Waals surface area contributed by atoms with E-state index in [-0.39, 0.29) is 12.1 Å². The summed E-state index contributed by atoms with van der Waals surface area (Å²) in [6, 6.07) is 0. The Balaban J connectivity index is 4.17. The molecule has 0 saturated heterocycles. The molecule has 0 aromatic rings. The van der Waals surface area contributed by atoms with E-state index < -0.39 is 5.54 Å². The lowest BCUT2D eigenvalue weighted by molar-refractivity contribution is -0.151. The molecule has 2 atom stereocenters. The van der Waals surface area contributed by atoms with Crippen molar-refractivity contribution in [2.75, 3.05) is 19.8 Å². The second kappa shape index (κ2) is 9.32. The topological polar surface area (TPSA) is 47.6 Å². The molecule has 2 unspecified atom stereocenters. The van der Waals surface area contributed by atoms with E-state index in [4.69, 9.17) is 9.47 Å². The number of hydrogen-bond donors (Lipinski definition) is 1. The SMILES string of the molecule is CCNC(C)(CCCOC(C)C(C)C)C(=O)OCC. The van der Waals surface area contributed by atoms with E-state index >= 15 is 0 Å². The predicted molar refractivity (Wildman–Crippen MR) is 78.2 cm³/mol. The van der Waals surface area contributed by atoms with Crippen LogP contribution in [0.4, 0.5) is 0 Å². The summed E-state index contributed by atoms with van der Waals surface area (Å²) in [5.41, 5.74) is -0.602. The van der Waals surface area contributed by atoms with Crippen LogP contribution in [-0.2, 0) is 14.3 Å². The number of carbonyl (C=O) groups is 1. The second-order valence-corrected chi connectivity index (χ2v) is 5.51. The van der Waals surface area contributed by atoms with Crippen molar-refractivity contribution in [1.29, 1.82) is 0 Å². The van der Waals surface area contributed by atoms with Crippen LogP contribution in [-0.4, -0.2) is 37.4 Å². The van der Waals surface area contributed by atoms with Gasteiger partial charge in [0.05, 0.1) is 12.7 Å². The maximum Gasteiger partial charge on any atom is 0.326 e. The van der Waals surface area contributed by atoms with Gasteiger partial charge in [-0.3, -0.25) is 4.79 Å². The van der Waals surface area contributed by atoms with Crippen molar-refractivity contribution in [2.24, 2.45) is 5.92 Å². The number of likely N-dealkylation sites (N-methyl/N-ethyl adjacent to an activating group) is 1. The molecule has 0 spiro atoms. The Kier molecular flexibility index (Phi) is 9.02. The van der Waals surface area contributed by atoms with Gasteiger partial charge >= 0.3 is 5.97 Å². The Morgan fingerprint density at radius 3 is 2.37 bits per heavy atom. The summed E-state index contributed by atoms with van der Waals surface area (Å²) < 4.78 is 10.9. The Bertz CT molecular complexity index is 256. The largest absolute Gasteiger partial charge is 0.465 e. The lowest BCUT2D eigenvalue weighted by atomic mass is 9.96. The second-order valence-electron chi connectivity index (χ2n) is 5.51. The zero-order valence-corrected chi connectivity index (χ0v) is 13.4. The van der Waals surface area contributed by atoms with Crippen molar-refractivity contribution >= 4 is 5.97 Å². The van der Waals surface area contributed by atoms with Gasteiger partial charge in [0.2, 0.25) is 0 Å². The first kappa shape index (κ1) is 18.4. The first-order chi connectivity index (χ1) is 8.87. The van der Waals surface area contributed by atoms with E-state index in [0.717, 1.165) is 19.4 Å². The molecule has 0 amide bonds. The summed E-state index contributed by atoms with van der Waals surface area (Å²) in [5.74, 6) is 0.346. The maximum absolute atomic E-state index is 12.0. The molecule has 0 saturated carbocycles. The van der Waals surface area contributed by atoms with E-state index in [1.165, 1.54) is 0 Å². The number of ether oxygens (including phenoxy) is 2. The molecule has 0 radical (unpaired) electrons. The Morgan fingerprint density at radius 2 is 1.89 bits per heavy atom. The van der Waals surface area contributed by atoms with Gasteiger partial charge < -0.3 is 14.8 Å². The summed E-state index contributed by atoms with van der Waals surface area (Å²) >= 11 is 0. The lowest BCUT2D eigenvalue weighted by Crippen LogP contribution is -2.50. The van der Waals surface area contributed by atoms with Crippen molar-refractivity contribution in [2.45, 2.75) is 66.0 Å². The third kappa shape index (κ3) is 6.92. The van der Waals surface area contributed by atoms with Crippen LogP contribution in [0.1, 0.15) is 54.4 Å². The third-order valence-electron chi connectivity index (χ3n) is 3.43. The third-order valence-corrected chi connectivity index (χ3v) is 3.43. The average Bonchev–Trinajstić information content (AvgIpc) is 2.34. The van der Waals surface area contributed by atoms with Gasteiger partial charge in [0, 0.05) is 6.61 Å². The van der Waals surface area contributed by atoms with Crippen molar-refractivity contribution in [3.05, 3.63) is 0 Å². The minimum atomic E-state index is -0.602. The molecule has 0 aliphatic carbocycles. The van der Waals surface area contributed by atoms with E-state index in [9.17, 15) is 4.79 Å². The fourth-order valence-corrected chi connectivity index (χ4v) is 1.83. The molecule has 0 bridgehead atoms. The fourth-order valence-electron chi connectivity index (χ4n) is 1.83. The van der Waals surface area contributed by atoms with Crippen LogP contribution >= 0.6 is 0 Å². The van der Waals surface area contributed by atoms with Gasteiger partial charge in [-0.05, 0) is 46.1 Å². The molecule has 114 valence electrons. The zero-order valence-electron chi connectivity index (χ0n) is 13.4. The van der Waals surface area contributed by atoms with E-state index in [1.54, 1.807) is 0 Å². The molecule has 0 aromatic heterocycles. The Morgan fingerprint density at radius 1 is 1.26 bits per heavy atom.